The highest BCUT2D eigenvalue weighted by atomic mass is 16.7. The minimum atomic E-state index is -1.61. The zero-order valence-electron chi connectivity index (χ0n) is 19.6. The summed E-state index contributed by atoms with van der Waals surface area (Å²) in [5.41, 5.74) is 1.76. The summed E-state index contributed by atoms with van der Waals surface area (Å²) in [7, 11) is 0. The minimum Gasteiger partial charge on any atom is -0.508 e. The summed E-state index contributed by atoms with van der Waals surface area (Å²) in [6, 6.07) is 11.4. The first-order valence-electron chi connectivity index (χ1n) is 11.7. The monoisotopic (exact) mass is 508 g/mol. The summed E-state index contributed by atoms with van der Waals surface area (Å²) in [5.74, 6) is 0.348. The van der Waals surface area contributed by atoms with E-state index in [1.807, 2.05) is 0 Å². The van der Waals surface area contributed by atoms with Crippen LogP contribution in [0, 0.1) is 0 Å². The fourth-order valence-corrected chi connectivity index (χ4v) is 4.27. The van der Waals surface area contributed by atoms with Crippen LogP contribution in [0.5, 0.6) is 17.2 Å². The van der Waals surface area contributed by atoms with E-state index in [0.29, 0.717) is 12.8 Å². The first kappa shape index (κ1) is 26.6. The predicted molar refractivity (Wildman–Crippen MR) is 123 cm³/mol. The average Bonchev–Trinajstić information content (AvgIpc) is 2.84. The topological polar surface area (TPSA) is 179 Å². The maximum Gasteiger partial charge on any atom is 0.228 e. The van der Waals surface area contributed by atoms with Crippen LogP contribution in [0.3, 0.4) is 0 Å². The van der Waals surface area contributed by atoms with Gasteiger partial charge in [0, 0.05) is 6.07 Å². The van der Waals surface area contributed by atoms with Crippen LogP contribution in [-0.4, -0.2) is 97.7 Å². The summed E-state index contributed by atoms with van der Waals surface area (Å²) in [5, 5.41) is 70.8. The number of hydrogen-bond acceptors (Lipinski definition) is 11. The number of rotatable bonds is 7. The Morgan fingerprint density at radius 1 is 0.778 bits per heavy atom. The number of aromatic hydroxyl groups is 2. The number of benzene rings is 2. The SMILES string of the molecule is CC1OC(OC2C(O)COC(Oc3cc(O)cc(CCc4ccc(O)cc4)c3)C2O)C(O)C(O)C1O. The lowest BCUT2D eigenvalue weighted by atomic mass is 9.99. The lowest BCUT2D eigenvalue weighted by molar-refractivity contribution is -0.338. The molecule has 11 heteroatoms. The number of ether oxygens (including phenoxy) is 4. The third-order valence-corrected chi connectivity index (χ3v) is 6.37. The van der Waals surface area contributed by atoms with Gasteiger partial charge in [0.25, 0.3) is 0 Å². The second-order valence-electron chi connectivity index (χ2n) is 9.16. The number of phenols is 2. The quantitative estimate of drug-likeness (QED) is 0.258. The van der Waals surface area contributed by atoms with E-state index in [9.17, 15) is 35.7 Å². The third kappa shape index (κ3) is 6.07. The van der Waals surface area contributed by atoms with Gasteiger partial charge >= 0.3 is 0 Å². The minimum absolute atomic E-state index is 0.0494. The van der Waals surface area contributed by atoms with Gasteiger partial charge in [-0.05, 0) is 55.2 Å². The smallest absolute Gasteiger partial charge is 0.228 e. The molecule has 2 aliphatic heterocycles. The third-order valence-electron chi connectivity index (χ3n) is 6.37. The summed E-state index contributed by atoms with van der Waals surface area (Å²) >= 11 is 0. The highest BCUT2D eigenvalue weighted by Crippen LogP contribution is 2.30. The molecule has 2 aliphatic rings. The second kappa shape index (κ2) is 11.3. The van der Waals surface area contributed by atoms with Crippen molar-refractivity contribution in [2.75, 3.05) is 6.61 Å². The molecule has 2 aromatic rings. The van der Waals surface area contributed by atoms with Gasteiger partial charge in [-0.25, -0.2) is 0 Å². The van der Waals surface area contributed by atoms with E-state index in [0.717, 1.165) is 11.1 Å². The van der Waals surface area contributed by atoms with E-state index in [4.69, 9.17) is 18.9 Å². The molecule has 0 aromatic heterocycles. The Bertz CT molecular complexity index is 1000. The molecule has 0 aliphatic carbocycles. The highest BCUT2D eigenvalue weighted by molar-refractivity contribution is 5.38. The summed E-state index contributed by atoms with van der Waals surface area (Å²) in [4.78, 5) is 0. The van der Waals surface area contributed by atoms with Gasteiger partial charge in [0.2, 0.25) is 6.29 Å². The standard InChI is InChI=1S/C25H32O11/c1-12-19(29)20(30)21(31)25(34-12)36-23-18(28)11-33-24(22(23)32)35-17-9-14(8-16(27)10-17)3-2-13-4-6-15(26)7-5-13/h4-10,12,18-32H,2-3,11H2,1H3. The molecule has 2 fully saturated rings. The van der Waals surface area contributed by atoms with E-state index in [1.54, 1.807) is 36.4 Å². The molecule has 198 valence electrons. The first-order chi connectivity index (χ1) is 17.1. The molecule has 0 radical (unpaired) electrons. The molecule has 9 atom stereocenters. The van der Waals surface area contributed by atoms with Crippen LogP contribution in [0.2, 0.25) is 0 Å². The zero-order valence-corrected chi connectivity index (χ0v) is 19.6. The van der Waals surface area contributed by atoms with Gasteiger partial charge in [-0.2, -0.15) is 0 Å². The highest BCUT2D eigenvalue weighted by Gasteiger charge is 2.48. The van der Waals surface area contributed by atoms with E-state index >= 15 is 0 Å². The van der Waals surface area contributed by atoms with Crippen molar-refractivity contribution in [2.45, 2.75) is 75.1 Å². The van der Waals surface area contributed by atoms with Crippen molar-refractivity contribution in [1.29, 1.82) is 0 Å². The van der Waals surface area contributed by atoms with Gasteiger partial charge in [0.05, 0.1) is 12.7 Å². The Labute approximate surface area is 207 Å². The molecule has 0 saturated carbocycles. The Hall–Kier alpha value is -2.48. The van der Waals surface area contributed by atoms with Crippen LogP contribution < -0.4 is 4.74 Å². The first-order valence-corrected chi connectivity index (χ1v) is 11.7. The molecule has 0 spiro atoms. The van der Waals surface area contributed by atoms with Crippen molar-refractivity contribution in [3.63, 3.8) is 0 Å². The molecule has 4 rings (SSSR count). The number of aliphatic hydroxyl groups excluding tert-OH is 5. The molecule has 0 amide bonds. The van der Waals surface area contributed by atoms with Gasteiger partial charge in [-0.1, -0.05) is 12.1 Å². The molecular weight excluding hydrogens is 476 g/mol. The fourth-order valence-electron chi connectivity index (χ4n) is 4.27. The number of aryl methyl sites for hydroxylation is 2. The summed E-state index contributed by atoms with van der Waals surface area (Å²) in [6.45, 7) is 1.22. The van der Waals surface area contributed by atoms with Crippen LogP contribution in [0.1, 0.15) is 18.1 Å². The molecule has 0 bridgehead atoms. The number of aliphatic hydroxyl groups is 5. The van der Waals surface area contributed by atoms with E-state index in [2.05, 4.69) is 0 Å². The molecule has 2 aromatic carbocycles. The number of hydrogen-bond donors (Lipinski definition) is 7. The van der Waals surface area contributed by atoms with Gasteiger partial charge in [-0.15, -0.1) is 0 Å². The zero-order chi connectivity index (χ0) is 26.0. The Morgan fingerprint density at radius 2 is 1.47 bits per heavy atom. The molecule has 11 nitrogen and oxygen atoms in total. The molecule has 2 heterocycles. The van der Waals surface area contributed by atoms with Crippen molar-refractivity contribution >= 4 is 0 Å². The number of phenolic OH excluding ortho intramolecular Hbond substituents is 2. The van der Waals surface area contributed by atoms with Crippen molar-refractivity contribution < 1.29 is 54.7 Å². The predicted octanol–water partition coefficient (Wildman–Crippen LogP) is -0.447. The maximum atomic E-state index is 10.8. The van der Waals surface area contributed by atoms with Gasteiger partial charge in [0.15, 0.2) is 6.29 Å². The lowest BCUT2D eigenvalue weighted by Gasteiger charge is -2.43. The molecule has 9 unspecified atom stereocenters. The van der Waals surface area contributed by atoms with Gasteiger partial charge in [-0.3, -0.25) is 0 Å². The van der Waals surface area contributed by atoms with Gasteiger partial charge < -0.3 is 54.7 Å². The van der Waals surface area contributed by atoms with Crippen LogP contribution >= 0.6 is 0 Å². The van der Waals surface area contributed by atoms with Crippen LogP contribution in [0.25, 0.3) is 0 Å². The van der Waals surface area contributed by atoms with Crippen LogP contribution in [0.4, 0.5) is 0 Å². The summed E-state index contributed by atoms with van der Waals surface area (Å²) in [6.07, 6.45) is -10.9. The Kier molecular flexibility index (Phi) is 8.33. The molecule has 2 saturated heterocycles. The Morgan fingerprint density at radius 3 is 2.19 bits per heavy atom. The molecular formula is C25H32O11. The van der Waals surface area contributed by atoms with Crippen molar-refractivity contribution in [3.8, 4) is 17.2 Å². The average molecular weight is 509 g/mol. The largest absolute Gasteiger partial charge is 0.508 e. The maximum absolute atomic E-state index is 10.8. The van der Waals surface area contributed by atoms with Gasteiger partial charge in [0.1, 0.15) is 53.9 Å². The second-order valence-corrected chi connectivity index (χ2v) is 9.16. The molecule has 7 N–H and O–H groups in total. The fraction of sp³-hybridized carbons (Fsp3) is 0.520. The van der Waals surface area contributed by atoms with Crippen LogP contribution in [0.15, 0.2) is 42.5 Å². The van der Waals surface area contributed by atoms with Crippen LogP contribution in [-0.2, 0) is 27.1 Å². The molecule has 36 heavy (non-hydrogen) atoms. The Balaban J connectivity index is 1.41. The van der Waals surface area contributed by atoms with E-state index in [1.165, 1.54) is 13.0 Å². The normalized spacial score (nSPS) is 34.9. The van der Waals surface area contributed by atoms with Crippen molar-refractivity contribution in [3.05, 3.63) is 53.6 Å². The van der Waals surface area contributed by atoms with Crippen molar-refractivity contribution in [2.24, 2.45) is 0 Å². The lowest BCUT2D eigenvalue weighted by Crippen LogP contribution is -2.62. The van der Waals surface area contributed by atoms with E-state index < -0.39 is 55.3 Å². The summed E-state index contributed by atoms with van der Waals surface area (Å²) < 4.78 is 22.2. The van der Waals surface area contributed by atoms with Crippen molar-refractivity contribution in [1.82, 2.24) is 0 Å². The van der Waals surface area contributed by atoms with E-state index in [-0.39, 0.29) is 23.9 Å².